The summed E-state index contributed by atoms with van der Waals surface area (Å²) in [7, 11) is 0. The Hall–Kier alpha value is -1.06. The number of carbonyl (C=O) groups excluding carboxylic acids is 1. The molecular weight excluding hydrogens is 194 g/mol. The van der Waals surface area contributed by atoms with E-state index in [4.69, 9.17) is 5.11 Å². The number of carboxylic acids is 1. The molecule has 0 heterocycles. The van der Waals surface area contributed by atoms with Gasteiger partial charge in [0.2, 0.25) is 5.91 Å². The van der Waals surface area contributed by atoms with Crippen LogP contribution in [0.15, 0.2) is 0 Å². The summed E-state index contributed by atoms with van der Waals surface area (Å²) in [5, 5.41) is 11.3. The van der Waals surface area contributed by atoms with Crippen molar-refractivity contribution in [3.63, 3.8) is 0 Å². The quantitative estimate of drug-likeness (QED) is 0.678. The van der Waals surface area contributed by atoms with Crippen LogP contribution in [0.1, 0.15) is 40.0 Å². The van der Waals surface area contributed by atoms with Crippen molar-refractivity contribution in [2.75, 3.05) is 6.54 Å². The van der Waals surface area contributed by atoms with Gasteiger partial charge in [0.15, 0.2) is 0 Å². The number of amides is 1. The molecule has 15 heavy (non-hydrogen) atoms. The Bertz CT molecular complexity index is 216. The minimum absolute atomic E-state index is 0.0518. The number of carbonyl (C=O) groups is 2. The number of rotatable bonds is 7. The molecule has 4 heteroatoms. The summed E-state index contributed by atoms with van der Waals surface area (Å²) in [6.45, 7) is 6.59. The molecule has 0 radical (unpaired) electrons. The number of aliphatic carboxylic acids is 1. The van der Waals surface area contributed by atoms with Gasteiger partial charge >= 0.3 is 5.97 Å². The first-order valence-corrected chi connectivity index (χ1v) is 5.44. The molecule has 0 aromatic heterocycles. The van der Waals surface area contributed by atoms with Gasteiger partial charge in [0.25, 0.3) is 0 Å². The van der Waals surface area contributed by atoms with E-state index >= 15 is 0 Å². The fourth-order valence-electron chi connectivity index (χ4n) is 1.19. The smallest absolute Gasteiger partial charge is 0.303 e. The third-order valence-corrected chi connectivity index (χ3v) is 2.40. The first kappa shape index (κ1) is 13.9. The van der Waals surface area contributed by atoms with Crippen LogP contribution >= 0.6 is 0 Å². The zero-order chi connectivity index (χ0) is 11.8. The van der Waals surface area contributed by atoms with Crippen molar-refractivity contribution < 1.29 is 14.7 Å². The van der Waals surface area contributed by atoms with E-state index in [9.17, 15) is 9.59 Å². The molecule has 0 spiro atoms. The van der Waals surface area contributed by atoms with Crippen molar-refractivity contribution in [3.05, 3.63) is 0 Å². The lowest BCUT2D eigenvalue weighted by Gasteiger charge is -2.12. The highest BCUT2D eigenvalue weighted by Crippen LogP contribution is 2.07. The second kappa shape index (κ2) is 7.26. The highest BCUT2D eigenvalue weighted by atomic mass is 16.4. The molecule has 2 N–H and O–H groups in total. The number of carboxylic acid groups (broad SMARTS) is 1. The van der Waals surface area contributed by atoms with E-state index in [1.54, 1.807) is 6.92 Å². The van der Waals surface area contributed by atoms with Crippen LogP contribution in [0.5, 0.6) is 0 Å². The second-order valence-electron chi connectivity index (χ2n) is 4.22. The fourth-order valence-corrected chi connectivity index (χ4v) is 1.19. The Morgan fingerprint density at radius 3 is 2.27 bits per heavy atom. The normalized spacial score (nSPS) is 14.3. The van der Waals surface area contributed by atoms with Crippen LogP contribution in [0.3, 0.4) is 0 Å². The van der Waals surface area contributed by atoms with E-state index in [0.29, 0.717) is 18.9 Å². The topological polar surface area (TPSA) is 66.4 Å². The summed E-state index contributed by atoms with van der Waals surface area (Å²) < 4.78 is 0. The largest absolute Gasteiger partial charge is 0.481 e. The van der Waals surface area contributed by atoms with E-state index in [1.807, 2.05) is 0 Å². The van der Waals surface area contributed by atoms with Gasteiger partial charge in [-0.05, 0) is 11.8 Å². The Morgan fingerprint density at radius 1 is 1.20 bits per heavy atom. The lowest BCUT2D eigenvalue weighted by atomic mass is 10.0. The van der Waals surface area contributed by atoms with E-state index in [1.165, 1.54) is 0 Å². The van der Waals surface area contributed by atoms with Crippen LogP contribution < -0.4 is 5.32 Å². The summed E-state index contributed by atoms with van der Waals surface area (Å²) in [6.07, 6.45) is 1.38. The van der Waals surface area contributed by atoms with E-state index < -0.39 is 5.97 Å². The van der Waals surface area contributed by atoms with Gasteiger partial charge in [0.1, 0.15) is 0 Å². The van der Waals surface area contributed by atoms with E-state index in [-0.39, 0.29) is 18.2 Å². The predicted molar refractivity (Wildman–Crippen MR) is 58.5 cm³/mol. The zero-order valence-electron chi connectivity index (χ0n) is 9.75. The maximum atomic E-state index is 11.4. The minimum Gasteiger partial charge on any atom is -0.481 e. The van der Waals surface area contributed by atoms with Crippen LogP contribution in [0, 0.1) is 11.8 Å². The third-order valence-electron chi connectivity index (χ3n) is 2.40. The van der Waals surface area contributed by atoms with Crippen LogP contribution in [-0.4, -0.2) is 23.5 Å². The second-order valence-corrected chi connectivity index (χ2v) is 4.22. The molecule has 0 saturated heterocycles. The Kier molecular flexibility index (Phi) is 6.75. The Morgan fingerprint density at radius 2 is 1.80 bits per heavy atom. The van der Waals surface area contributed by atoms with Crippen molar-refractivity contribution >= 4 is 11.9 Å². The van der Waals surface area contributed by atoms with Crippen LogP contribution in [-0.2, 0) is 9.59 Å². The van der Waals surface area contributed by atoms with Gasteiger partial charge in [0, 0.05) is 19.4 Å². The summed E-state index contributed by atoms with van der Waals surface area (Å²) in [5.41, 5.74) is 0. The van der Waals surface area contributed by atoms with Crippen LogP contribution in [0.2, 0.25) is 0 Å². The molecule has 0 aliphatic rings. The van der Waals surface area contributed by atoms with Gasteiger partial charge in [0.05, 0.1) is 0 Å². The maximum Gasteiger partial charge on any atom is 0.303 e. The molecule has 0 aromatic rings. The third kappa shape index (κ3) is 7.97. The van der Waals surface area contributed by atoms with Gasteiger partial charge < -0.3 is 10.4 Å². The molecule has 4 nitrogen and oxygen atoms in total. The molecule has 2 unspecified atom stereocenters. The monoisotopic (exact) mass is 215 g/mol. The van der Waals surface area contributed by atoms with Gasteiger partial charge in [-0.15, -0.1) is 0 Å². The van der Waals surface area contributed by atoms with Gasteiger partial charge in [-0.1, -0.05) is 27.2 Å². The Labute approximate surface area is 91.1 Å². The molecule has 0 saturated carbocycles. The lowest BCUT2D eigenvalue weighted by Crippen LogP contribution is -2.29. The highest BCUT2D eigenvalue weighted by Gasteiger charge is 2.12. The summed E-state index contributed by atoms with van der Waals surface area (Å²) >= 11 is 0. The highest BCUT2D eigenvalue weighted by molar-refractivity contribution is 5.77. The molecule has 0 aliphatic heterocycles. The Balaban J connectivity index is 3.69. The van der Waals surface area contributed by atoms with E-state index in [2.05, 4.69) is 19.2 Å². The van der Waals surface area contributed by atoms with E-state index in [0.717, 1.165) is 6.42 Å². The molecule has 1 amide bonds. The maximum absolute atomic E-state index is 11.4. The molecule has 88 valence electrons. The van der Waals surface area contributed by atoms with Crippen molar-refractivity contribution in [1.29, 1.82) is 0 Å². The van der Waals surface area contributed by atoms with Crippen molar-refractivity contribution in [3.8, 4) is 0 Å². The van der Waals surface area contributed by atoms with Crippen molar-refractivity contribution in [1.82, 2.24) is 5.32 Å². The number of nitrogens with one attached hydrogen (secondary N) is 1. The number of hydrogen-bond acceptors (Lipinski definition) is 2. The zero-order valence-corrected chi connectivity index (χ0v) is 9.75. The molecular formula is C11H21NO3. The first-order chi connectivity index (χ1) is 6.95. The average Bonchev–Trinajstić information content (AvgIpc) is 2.12. The minimum atomic E-state index is -0.850. The molecule has 0 rings (SSSR count). The predicted octanol–water partition coefficient (Wildman–Crippen LogP) is 1.65. The summed E-state index contributed by atoms with van der Waals surface area (Å²) in [4.78, 5) is 21.7. The fraction of sp³-hybridized carbons (Fsp3) is 0.818. The van der Waals surface area contributed by atoms with Crippen LogP contribution in [0.4, 0.5) is 0 Å². The summed E-state index contributed by atoms with van der Waals surface area (Å²) in [6, 6.07) is 0. The van der Waals surface area contributed by atoms with Crippen molar-refractivity contribution in [2.24, 2.45) is 11.8 Å². The summed E-state index contributed by atoms with van der Waals surface area (Å²) in [5.74, 6) is -0.524. The molecule has 0 aliphatic carbocycles. The van der Waals surface area contributed by atoms with Crippen molar-refractivity contribution in [2.45, 2.75) is 40.0 Å². The first-order valence-electron chi connectivity index (χ1n) is 5.44. The number of hydrogen-bond donors (Lipinski definition) is 2. The van der Waals surface area contributed by atoms with Crippen LogP contribution in [0.25, 0.3) is 0 Å². The lowest BCUT2D eigenvalue weighted by molar-refractivity contribution is -0.138. The average molecular weight is 215 g/mol. The molecule has 0 aromatic carbocycles. The van der Waals surface area contributed by atoms with Gasteiger partial charge in [-0.3, -0.25) is 9.59 Å². The standard InChI is InChI=1S/C11H21NO3/c1-4-8(2)7-12-10(13)5-9(3)6-11(14)15/h8-9H,4-7H2,1-3H3,(H,12,13)(H,14,15). The molecule has 2 atom stereocenters. The van der Waals surface area contributed by atoms with Gasteiger partial charge in [-0.2, -0.15) is 0 Å². The molecule has 0 bridgehead atoms. The van der Waals surface area contributed by atoms with Gasteiger partial charge in [-0.25, -0.2) is 0 Å². The molecule has 0 fully saturated rings. The SMILES string of the molecule is CCC(C)CNC(=O)CC(C)CC(=O)O.